The number of sulfonamides is 1. The van der Waals surface area contributed by atoms with E-state index in [0.29, 0.717) is 10.8 Å². The number of nitrogens with zero attached hydrogens (tertiary/aromatic N) is 3. The summed E-state index contributed by atoms with van der Waals surface area (Å²) in [6.07, 6.45) is 5.38. The average molecular weight is 362 g/mol. The van der Waals surface area contributed by atoms with Crippen molar-refractivity contribution >= 4 is 10.0 Å². The average Bonchev–Trinajstić information content (AvgIpc) is 3.01. The van der Waals surface area contributed by atoms with Crippen LogP contribution in [0.3, 0.4) is 0 Å². The normalized spacial score (nSPS) is 21.6. The zero-order valence-corrected chi connectivity index (χ0v) is 15.8. The molecule has 1 aromatic carbocycles. The van der Waals surface area contributed by atoms with Crippen LogP contribution in [0.15, 0.2) is 35.5 Å². The second kappa shape index (κ2) is 7.25. The zero-order chi connectivity index (χ0) is 18.0. The van der Waals surface area contributed by atoms with Gasteiger partial charge in [0.15, 0.2) is 0 Å². The van der Waals surface area contributed by atoms with Gasteiger partial charge in [0.05, 0.1) is 4.90 Å². The molecule has 1 aliphatic carbocycles. The fraction of sp³-hybridized carbons (Fsp3) is 0.556. The van der Waals surface area contributed by atoms with Crippen LogP contribution in [0.4, 0.5) is 0 Å². The third kappa shape index (κ3) is 4.10. The third-order valence-corrected chi connectivity index (χ3v) is 6.51. The van der Waals surface area contributed by atoms with Crippen LogP contribution in [0.1, 0.15) is 62.9 Å². The van der Waals surface area contributed by atoms with Crippen LogP contribution < -0.4 is 4.72 Å². The number of hydrogen-bond donors (Lipinski definition) is 1. The summed E-state index contributed by atoms with van der Waals surface area (Å²) in [7, 11) is -3.50. The Morgan fingerprint density at radius 3 is 2.52 bits per heavy atom. The Morgan fingerprint density at radius 2 is 1.92 bits per heavy atom. The predicted molar refractivity (Wildman–Crippen MR) is 96.9 cm³/mol. The van der Waals surface area contributed by atoms with Crippen molar-refractivity contribution in [3.8, 4) is 0 Å². The highest BCUT2D eigenvalue weighted by molar-refractivity contribution is 7.89. The Labute approximate surface area is 149 Å². The molecule has 3 rings (SSSR count). The molecule has 0 spiro atoms. The summed E-state index contributed by atoms with van der Waals surface area (Å²) in [4.78, 5) is 0.333. The van der Waals surface area contributed by atoms with E-state index in [1.54, 1.807) is 18.5 Å². The minimum absolute atomic E-state index is 0.0599. The Morgan fingerprint density at radius 1 is 1.20 bits per heavy atom. The minimum atomic E-state index is -3.50. The van der Waals surface area contributed by atoms with Crippen LogP contribution in [0.2, 0.25) is 0 Å². The second-order valence-electron chi connectivity index (χ2n) is 7.15. The standard InChI is InChI=1S/C18H26N4O2S/c1-13(2)15-7-9-18(10-8-15)25(23,24)21-16-5-4-6-17(11-16)22-12-19-20-14(22)3/h7-10,12-13,16-17,21H,4-6,11H2,1-3H3. The second-order valence-corrected chi connectivity index (χ2v) is 8.86. The lowest BCUT2D eigenvalue weighted by atomic mass is 9.91. The van der Waals surface area contributed by atoms with E-state index in [1.807, 2.05) is 19.1 Å². The Bertz CT molecular complexity index is 812. The molecule has 1 heterocycles. The van der Waals surface area contributed by atoms with Crippen molar-refractivity contribution in [3.05, 3.63) is 42.0 Å². The van der Waals surface area contributed by atoms with Gasteiger partial charge < -0.3 is 4.57 Å². The number of rotatable bonds is 5. The van der Waals surface area contributed by atoms with Crippen LogP contribution in [0, 0.1) is 6.92 Å². The maximum atomic E-state index is 12.7. The summed E-state index contributed by atoms with van der Waals surface area (Å²) in [6.45, 7) is 6.12. The summed E-state index contributed by atoms with van der Waals surface area (Å²) in [6, 6.07) is 7.37. The lowest BCUT2D eigenvalue weighted by molar-refractivity contribution is 0.302. The molecule has 2 atom stereocenters. The van der Waals surface area contributed by atoms with E-state index in [1.165, 1.54) is 0 Å². The molecule has 1 aromatic heterocycles. The number of aryl methyl sites for hydroxylation is 1. The fourth-order valence-corrected chi connectivity index (χ4v) is 4.79. The van der Waals surface area contributed by atoms with Gasteiger partial charge in [-0.15, -0.1) is 10.2 Å². The van der Waals surface area contributed by atoms with Gasteiger partial charge in [-0.1, -0.05) is 26.0 Å². The summed E-state index contributed by atoms with van der Waals surface area (Å²) < 4.78 is 30.3. The summed E-state index contributed by atoms with van der Waals surface area (Å²) in [5.74, 6) is 1.26. The Kier molecular flexibility index (Phi) is 5.24. The van der Waals surface area contributed by atoms with Gasteiger partial charge in [-0.3, -0.25) is 0 Å². The molecule has 1 saturated carbocycles. The molecule has 0 aliphatic heterocycles. The quantitative estimate of drug-likeness (QED) is 0.886. The van der Waals surface area contributed by atoms with Crippen molar-refractivity contribution in [2.24, 2.45) is 0 Å². The van der Waals surface area contributed by atoms with Crippen molar-refractivity contribution in [3.63, 3.8) is 0 Å². The van der Waals surface area contributed by atoms with Crippen LogP contribution in [0.25, 0.3) is 0 Å². The third-order valence-electron chi connectivity index (χ3n) is 4.97. The molecule has 2 unspecified atom stereocenters. The molecule has 7 heteroatoms. The van der Waals surface area contributed by atoms with Gasteiger partial charge >= 0.3 is 0 Å². The first-order chi connectivity index (χ1) is 11.9. The Balaban J connectivity index is 1.71. The van der Waals surface area contributed by atoms with E-state index in [0.717, 1.165) is 37.1 Å². The van der Waals surface area contributed by atoms with Crippen molar-refractivity contribution < 1.29 is 8.42 Å². The minimum Gasteiger partial charge on any atom is -0.315 e. The van der Waals surface area contributed by atoms with Gasteiger partial charge in [-0.05, 0) is 56.2 Å². The van der Waals surface area contributed by atoms with Crippen LogP contribution in [0.5, 0.6) is 0 Å². The van der Waals surface area contributed by atoms with Crippen LogP contribution >= 0.6 is 0 Å². The molecule has 1 N–H and O–H groups in total. The molecule has 2 aromatic rings. The lowest BCUT2D eigenvalue weighted by Crippen LogP contribution is -2.38. The highest BCUT2D eigenvalue weighted by Crippen LogP contribution is 2.30. The molecule has 136 valence electrons. The van der Waals surface area contributed by atoms with Gasteiger partial charge in [0.2, 0.25) is 10.0 Å². The van der Waals surface area contributed by atoms with E-state index in [2.05, 4.69) is 33.3 Å². The van der Waals surface area contributed by atoms with Gasteiger partial charge in [0, 0.05) is 12.1 Å². The lowest BCUT2D eigenvalue weighted by Gasteiger charge is -2.30. The van der Waals surface area contributed by atoms with Crippen molar-refractivity contribution in [1.82, 2.24) is 19.5 Å². The molecule has 0 amide bonds. The van der Waals surface area contributed by atoms with Gasteiger partial charge in [0.25, 0.3) is 0 Å². The highest BCUT2D eigenvalue weighted by Gasteiger charge is 2.28. The Hall–Kier alpha value is -1.73. The number of nitrogens with one attached hydrogen (secondary N) is 1. The molecular weight excluding hydrogens is 336 g/mol. The first-order valence-electron chi connectivity index (χ1n) is 8.85. The van der Waals surface area contributed by atoms with Crippen molar-refractivity contribution in [2.45, 2.75) is 69.4 Å². The number of benzene rings is 1. The molecule has 1 fully saturated rings. The first-order valence-corrected chi connectivity index (χ1v) is 10.3. The van der Waals surface area contributed by atoms with Gasteiger partial charge in [-0.2, -0.15) is 0 Å². The van der Waals surface area contributed by atoms with Crippen molar-refractivity contribution in [1.29, 1.82) is 0 Å². The van der Waals surface area contributed by atoms with E-state index < -0.39 is 10.0 Å². The maximum Gasteiger partial charge on any atom is 0.240 e. The molecule has 0 radical (unpaired) electrons. The molecule has 6 nitrogen and oxygen atoms in total. The summed E-state index contributed by atoms with van der Waals surface area (Å²) in [5, 5.41) is 7.98. The van der Waals surface area contributed by atoms with E-state index in [4.69, 9.17) is 0 Å². The van der Waals surface area contributed by atoms with E-state index >= 15 is 0 Å². The van der Waals surface area contributed by atoms with E-state index in [-0.39, 0.29) is 12.1 Å². The summed E-state index contributed by atoms with van der Waals surface area (Å²) in [5.41, 5.74) is 1.14. The zero-order valence-electron chi connectivity index (χ0n) is 15.0. The smallest absolute Gasteiger partial charge is 0.240 e. The maximum absolute atomic E-state index is 12.7. The number of aromatic nitrogens is 3. The molecule has 0 bridgehead atoms. The largest absolute Gasteiger partial charge is 0.315 e. The fourth-order valence-electron chi connectivity index (χ4n) is 3.50. The van der Waals surface area contributed by atoms with Crippen molar-refractivity contribution in [2.75, 3.05) is 0 Å². The molecule has 1 aliphatic rings. The molecule has 25 heavy (non-hydrogen) atoms. The molecule has 0 saturated heterocycles. The SMILES string of the molecule is Cc1nncn1C1CCCC(NS(=O)(=O)c2ccc(C(C)C)cc2)C1. The van der Waals surface area contributed by atoms with Gasteiger partial charge in [-0.25, -0.2) is 13.1 Å². The summed E-state index contributed by atoms with van der Waals surface area (Å²) >= 11 is 0. The highest BCUT2D eigenvalue weighted by atomic mass is 32.2. The van der Waals surface area contributed by atoms with Gasteiger partial charge in [0.1, 0.15) is 12.2 Å². The predicted octanol–water partition coefficient (Wildman–Crippen LogP) is 3.17. The first kappa shape index (κ1) is 18.1. The molecular formula is C18H26N4O2S. The monoisotopic (exact) mass is 362 g/mol. The van der Waals surface area contributed by atoms with Crippen LogP contribution in [-0.4, -0.2) is 29.2 Å². The number of hydrogen-bond acceptors (Lipinski definition) is 4. The van der Waals surface area contributed by atoms with E-state index in [9.17, 15) is 8.42 Å². The topological polar surface area (TPSA) is 76.9 Å². The van der Waals surface area contributed by atoms with Crippen LogP contribution in [-0.2, 0) is 10.0 Å².